The van der Waals surface area contributed by atoms with Crippen molar-refractivity contribution >= 4 is 22.6 Å². The van der Waals surface area contributed by atoms with E-state index in [4.69, 9.17) is 16.3 Å². The van der Waals surface area contributed by atoms with Crippen molar-refractivity contribution in [3.63, 3.8) is 0 Å². The van der Waals surface area contributed by atoms with E-state index in [2.05, 4.69) is 16.9 Å². The average Bonchev–Trinajstić information content (AvgIpc) is 2.35. The molecule has 2 heterocycles. The normalized spacial score (nSPS) is 10.8. The van der Waals surface area contributed by atoms with Gasteiger partial charge in [-0.1, -0.05) is 24.9 Å². The highest BCUT2D eigenvalue weighted by Crippen LogP contribution is 2.21. The van der Waals surface area contributed by atoms with Crippen molar-refractivity contribution in [1.29, 1.82) is 0 Å². The molecular weight excluding hydrogens is 254 g/mol. The largest absolute Gasteiger partial charge is 0.476 e. The Hall–Kier alpha value is -1.62. The van der Waals surface area contributed by atoms with Crippen LogP contribution in [0, 0.1) is 0 Å². The smallest absolute Gasteiger partial charge is 0.351 e. The number of hydrogen-bond donors (Lipinski definition) is 0. The predicted octanol–water partition coefficient (Wildman–Crippen LogP) is 2.16. The number of fused-ring (bicyclic) bond motifs is 1. The summed E-state index contributed by atoms with van der Waals surface area (Å²) in [5.41, 5.74) is 0.810. The number of rotatable bonds is 4. The fourth-order valence-electron chi connectivity index (χ4n) is 1.59. The Bertz CT molecular complexity index is 624. The molecule has 0 aromatic carbocycles. The molecule has 18 heavy (non-hydrogen) atoms. The lowest BCUT2D eigenvalue weighted by molar-refractivity contribution is 0.299. The van der Waals surface area contributed by atoms with Crippen LogP contribution < -0.4 is 10.4 Å². The molecule has 96 valence electrons. The van der Waals surface area contributed by atoms with Gasteiger partial charge in [-0.2, -0.15) is 4.98 Å². The SMILES string of the molecule is CCCCOc1nc(=O)n(C)c2ccc(Cl)nc12. The Morgan fingerprint density at radius 3 is 2.89 bits per heavy atom. The van der Waals surface area contributed by atoms with Gasteiger partial charge < -0.3 is 4.74 Å². The zero-order valence-corrected chi connectivity index (χ0v) is 11.1. The molecule has 2 aromatic heterocycles. The third-order valence-electron chi connectivity index (χ3n) is 2.62. The van der Waals surface area contributed by atoms with Crippen LogP contribution in [0.3, 0.4) is 0 Å². The maximum Gasteiger partial charge on any atom is 0.351 e. The second-order valence-electron chi connectivity index (χ2n) is 3.96. The van der Waals surface area contributed by atoms with Gasteiger partial charge in [0, 0.05) is 7.05 Å². The van der Waals surface area contributed by atoms with Crippen molar-refractivity contribution in [3.05, 3.63) is 27.8 Å². The Kier molecular flexibility index (Phi) is 3.81. The zero-order chi connectivity index (χ0) is 13.1. The molecule has 0 N–H and O–H groups in total. The van der Waals surface area contributed by atoms with Gasteiger partial charge in [-0.3, -0.25) is 4.57 Å². The second kappa shape index (κ2) is 5.35. The third-order valence-corrected chi connectivity index (χ3v) is 2.84. The minimum absolute atomic E-state index is 0.254. The summed E-state index contributed by atoms with van der Waals surface area (Å²) in [6.45, 7) is 2.58. The highest BCUT2D eigenvalue weighted by Gasteiger charge is 2.11. The van der Waals surface area contributed by atoms with E-state index in [1.54, 1.807) is 19.2 Å². The lowest BCUT2D eigenvalue weighted by atomic mass is 10.3. The van der Waals surface area contributed by atoms with E-state index in [1.807, 2.05) is 0 Å². The molecule has 0 atom stereocenters. The molecule has 0 radical (unpaired) electrons. The molecule has 0 aliphatic carbocycles. The summed E-state index contributed by atoms with van der Waals surface area (Å²) in [6, 6.07) is 3.37. The first kappa shape index (κ1) is 12.8. The molecule has 2 aromatic rings. The van der Waals surface area contributed by atoms with Crippen LogP contribution in [0.2, 0.25) is 5.15 Å². The number of unbranched alkanes of at least 4 members (excludes halogenated alkanes) is 1. The van der Waals surface area contributed by atoms with E-state index in [-0.39, 0.29) is 11.6 Å². The predicted molar refractivity (Wildman–Crippen MR) is 70.2 cm³/mol. The van der Waals surface area contributed by atoms with E-state index in [0.29, 0.717) is 22.8 Å². The molecule has 5 nitrogen and oxygen atoms in total. The monoisotopic (exact) mass is 267 g/mol. The standard InChI is InChI=1S/C12H14ClN3O2/c1-3-4-7-18-11-10-8(5-6-9(13)14-10)16(2)12(17)15-11/h5-6H,3-4,7H2,1-2H3. The Morgan fingerprint density at radius 2 is 2.17 bits per heavy atom. The lowest BCUT2D eigenvalue weighted by Gasteiger charge is -2.09. The minimum Gasteiger partial charge on any atom is -0.476 e. The number of nitrogens with zero attached hydrogens (tertiary/aromatic N) is 3. The van der Waals surface area contributed by atoms with Gasteiger partial charge in [0.2, 0.25) is 5.88 Å². The van der Waals surface area contributed by atoms with Crippen LogP contribution in [-0.2, 0) is 7.05 Å². The first-order chi connectivity index (χ1) is 8.63. The topological polar surface area (TPSA) is 57.0 Å². The number of aryl methyl sites for hydroxylation is 1. The maximum absolute atomic E-state index is 11.7. The molecule has 0 spiro atoms. The molecule has 6 heteroatoms. The van der Waals surface area contributed by atoms with Crippen LogP contribution >= 0.6 is 11.6 Å². The fourth-order valence-corrected chi connectivity index (χ4v) is 1.74. The van der Waals surface area contributed by atoms with Gasteiger partial charge in [0.05, 0.1) is 12.1 Å². The molecular formula is C12H14ClN3O2. The first-order valence-electron chi connectivity index (χ1n) is 5.79. The minimum atomic E-state index is -0.363. The number of ether oxygens (including phenoxy) is 1. The van der Waals surface area contributed by atoms with Crippen LogP contribution in [0.25, 0.3) is 11.0 Å². The number of aromatic nitrogens is 3. The third kappa shape index (κ3) is 2.46. The van der Waals surface area contributed by atoms with Crippen LogP contribution in [0.15, 0.2) is 16.9 Å². The summed E-state index contributed by atoms with van der Waals surface area (Å²) in [4.78, 5) is 19.7. The van der Waals surface area contributed by atoms with Gasteiger partial charge in [-0.05, 0) is 18.6 Å². The summed E-state index contributed by atoms with van der Waals surface area (Å²) in [5, 5.41) is 0.350. The van der Waals surface area contributed by atoms with Crippen molar-refractivity contribution < 1.29 is 4.74 Å². The maximum atomic E-state index is 11.7. The molecule has 0 aliphatic heterocycles. The highest BCUT2D eigenvalue weighted by molar-refractivity contribution is 6.29. The van der Waals surface area contributed by atoms with Gasteiger partial charge in [0.15, 0.2) is 5.52 Å². The van der Waals surface area contributed by atoms with Gasteiger partial charge >= 0.3 is 5.69 Å². The van der Waals surface area contributed by atoms with Gasteiger partial charge in [0.1, 0.15) is 5.15 Å². The number of pyridine rings is 1. The van der Waals surface area contributed by atoms with Crippen LogP contribution in [0.1, 0.15) is 19.8 Å². The molecule has 0 bridgehead atoms. The second-order valence-corrected chi connectivity index (χ2v) is 4.35. The Morgan fingerprint density at radius 1 is 1.39 bits per heavy atom. The van der Waals surface area contributed by atoms with Crippen molar-refractivity contribution in [1.82, 2.24) is 14.5 Å². The lowest BCUT2D eigenvalue weighted by Crippen LogP contribution is -2.21. The highest BCUT2D eigenvalue weighted by atomic mass is 35.5. The summed E-state index contributed by atoms with van der Waals surface area (Å²) >= 11 is 5.86. The molecule has 0 unspecified atom stereocenters. The molecule has 0 aliphatic rings. The molecule has 0 saturated heterocycles. The van der Waals surface area contributed by atoms with Gasteiger partial charge in [0.25, 0.3) is 0 Å². The van der Waals surface area contributed by atoms with Gasteiger partial charge in [-0.15, -0.1) is 0 Å². The summed E-state index contributed by atoms with van der Waals surface area (Å²) in [7, 11) is 1.64. The zero-order valence-electron chi connectivity index (χ0n) is 10.3. The molecule has 0 fully saturated rings. The van der Waals surface area contributed by atoms with Crippen molar-refractivity contribution in [2.24, 2.45) is 7.05 Å². The van der Waals surface area contributed by atoms with E-state index in [0.717, 1.165) is 12.8 Å². The molecule has 0 amide bonds. The molecule has 2 rings (SSSR count). The Balaban J connectivity index is 2.54. The van der Waals surface area contributed by atoms with Crippen molar-refractivity contribution in [2.75, 3.05) is 6.61 Å². The van der Waals surface area contributed by atoms with E-state index >= 15 is 0 Å². The Labute approximate surface area is 109 Å². The molecule has 0 saturated carbocycles. The number of halogens is 1. The van der Waals surface area contributed by atoms with Crippen LogP contribution in [0.4, 0.5) is 0 Å². The number of hydrogen-bond acceptors (Lipinski definition) is 4. The van der Waals surface area contributed by atoms with Crippen molar-refractivity contribution in [3.8, 4) is 5.88 Å². The van der Waals surface area contributed by atoms with Gasteiger partial charge in [-0.25, -0.2) is 9.78 Å². The van der Waals surface area contributed by atoms with Crippen molar-refractivity contribution in [2.45, 2.75) is 19.8 Å². The van der Waals surface area contributed by atoms with E-state index < -0.39 is 0 Å². The van der Waals surface area contributed by atoms with E-state index in [1.165, 1.54) is 4.57 Å². The fraction of sp³-hybridized carbons (Fsp3) is 0.417. The summed E-state index contributed by atoms with van der Waals surface area (Å²) in [5.74, 6) is 0.254. The van der Waals surface area contributed by atoms with Crippen LogP contribution in [0.5, 0.6) is 5.88 Å². The quantitative estimate of drug-likeness (QED) is 0.629. The summed E-state index contributed by atoms with van der Waals surface area (Å²) in [6.07, 6.45) is 1.91. The van der Waals surface area contributed by atoms with Crippen LogP contribution in [-0.4, -0.2) is 21.1 Å². The summed E-state index contributed by atoms with van der Waals surface area (Å²) < 4.78 is 6.93. The first-order valence-corrected chi connectivity index (χ1v) is 6.17. The average molecular weight is 268 g/mol. The van der Waals surface area contributed by atoms with E-state index in [9.17, 15) is 4.79 Å².